The Balaban J connectivity index is 0.000000272. The molecule has 0 radical (unpaired) electrons. The van der Waals surface area contributed by atoms with E-state index in [0.717, 1.165) is 18.5 Å². The van der Waals surface area contributed by atoms with Gasteiger partial charge in [0, 0.05) is 12.0 Å². The van der Waals surface area contributed by atoms with Gasteiger partial charge in [0.05, 0.1) is 11.2 Å². The third kappa shape index (κ3) is 6.96. The van der Waals surface area contributed by atoms with Gasteiger partial charge >= 0.3 is 88.4 Å². The first-order valence-corrected chi connectivity index (χ1v) is 11.2. The second-order valence-corrected chi connectivity index (χ2v) is 8.86. The average molecular weight is 418 g/mol. The third-order valence-electron chi connectivity index (χ3n) is 2.70. The van der Waals surface area contributed by atoms with Crippen LogP contribution in [0.25, 0.3) is 0 Å². The molecule has 1 aromatic carbocycles. The van der Waals surface area contributed by atoms with Crippen molar-refractivity contribution < 1.29 is 26.9 Å². The minimum Gasteiger partial charge on any atom is -0.396 e. The molecule has 0 fully saturated rings. The van der Waals surface area contributed by atoms with Gasteiger partial charge in [-0.3, -0.25) is 0 Å². The van der Waals surface area contributed by atoms with Crippen LogP contribution in [0.3, 0.4) is 0 Å². The normalized spacial score (nSPS) is 12.7. The summed E-state index contributed by atoms with van der Waals surface area (Å²) in [6.45, 7) is 1.53. The van der Waals surface area contributed by atoms with Crippen molar-refractivity contribution in [2.75, 3.05) is 11.9 Å². The number of aliphatic hydroxyl groups excluding tert-OH is 1. The van der Waals surface area contributed by atoms with Gasteiger partial charge in [-0.2, -0.15) is 0 Å². The van der Waals surface area contributed by atoms with Gasteiger partial charge in [0.1, 0.15) is 0 Å². The van der Waals surface area contributed by atoms with Crippen molar-refractivity contribution in [3.8, 4) is 0 Å². The first kappa shape index (κ1) is 20.6. The fourth-order valence-corrected chi connectivity index (χ4v) is 3.95. The number of carbonyl (C=O) groups excluding carboxylic acids is 1. The number of aliphatic hydroxyl groups is 1. The molecule has 1 atom stereocenters. The molecule has 1 aromatic heterocycles. The summed E-state index contributed by atoms with van der Waals surface area (Å²) in [5.41, 5.74) is 3.06. The van der Waals surface area contributed by atoms with E-state index in [1.165, 1.54) is 25.1 Å². The molecule has 0 aliphatic heterocycles. The number of anilines is 1. The Hall–Kier alpha value is -1.48. The number of amides is 1. The molecule has 0 spiro atoms. The number of aromatic nitrogens is 1. The Bertz CT molecular complexity index is 680. The zero-order chi connectivity index (χ0) is 18.0. The molecule has 132 valence electrons. The Labute approximate surface area is 146 Å². The predicted octanol–water partition coefficient (Wildman–Crippen LogP) is 0.771. The minimum absolute atomic E-state index is 0.103. The second kappa shape index (κ2) is 10.4. The molecule has 0 aliphatic carbocycles. The largest absolute Gasteiger partial charge is 0.396 e. The quantitative estimate of drug-likeness (QED) is 0.310. The number of hydrogen-bond acceptors (Lipinski definition) is 7. The first-order chi connectivity index (χ1) is 11.4. The molecule has 4 N–H and O–H groups in total. The summed E-state index contributed by atoms with van der Waals surface area (Å²) >= 11 is -3.33. The van der Waals surface area contributed by atoms with Crippen LogP contribution in [0, 0.1) is 0 Å². The zero-order valence-corrected chi connectivity index (χ0v) is 15.6. The monoisotopic (exact) mass is 418 g/mol. The van der Waals surface area contributed by atoms with E-state index in [2.05, 4.69) is 14.2 Å². The first-order valence-electron chi connectivity index (χ1n) is 6.91. The summed E-state index contributed by atoms with van der Waals surface area (Å²) in [5, 5.41) is 21.1. The Kier molecular flexibility index (Phi) is 8.91. The number of carbonyl (C=O) groups is 1. The molecule has 8 nitrogen and oxygen atoms in total. The van der Waals surface area contributed by atoms with Crippen molar-refractivity contribution in [2.24, 2.45) is 0 Å². The minimum atomic E-state index is -4.92. The Morgan fingerprint density at radius 1 is 1.42 bits per heavy atom. The van der Waals surface area contributed by atoms with E-state index in [1.54, 1.807) is 17.4 Å². The number of hydrogen-bond donors (Lipinski definition) is 4. The predicted molar refractivity (Wildman–Crippen MR) is 90.3 cm³/mol. The molecule has 1 heterocycles. The summed E-state index contributed by atoms with van der Waals surface area (Å²) < 4.78 is 24.1. The summed E-state index contributed by atoms with van der Waals surface area (Å²) in [6, 6.07) is 5.84. The van der Waals surface area contributed by atoms with Gasteiger partial charge in [-0.25, -0.2) is 4.98 Å². The Morgan fingerprint density at radius 2 is 2.12 bits per heavy atom. The van der Waals surface area contributed by atoms with Crippen LogP contribution in [0.15, 0.2) is 35.2 Å². The topological polar surface area (TPSA) is 129 Å². The summed E-state index contributed by atoms with van der Waals surface area (Å²) in [6.07, 6.45) is 1.73. The van der Waals surface area contributed by atoms with Crippen LogP contribution < -0.4 is 9.67 Å². The van der Waals surface area contributed by atoms with E-state index in [0.29, 0.717) is 0 Å². The average Bonchev–Trinajstić information content (AvgIpc) is 3.07. The molecule has 0 saturated carbocycles. The van der Waals surface area contributed by atoms with Crippen LogP contribution in [0.4, 0.5) is 5.69 Å². The van der Waals surface area contributed by atoms with E-state index >= 15 is 0 Å². The molecule has 2 aromatic rings. The van der Waals surface area contributed by atoms with Gasteiger partial charge in [-0.05, 0) is 12.8 Å². The molecule has 24 heavy (non-hydrogen) atoms. The molecule has 10 heteroatoms. The molecule has 1 amide bonds. The van der Waals surface area contributed by atoms with E-state index < -0.39 is 14.2 Å². The number of rotatable bonds is 6. The standard InChI is InChI=1S/C8H10AsNO5.C6H9NOS/c1-6(11)10-8-5-3-2-4-7(8)9(12,13)15-14;8-3-1-2-6-4-9-5-7-6/h2-5,14H,1H3,(H,10,11)(H,12,13);4-5,8H,1-3H2. The summed E-state index contributed by atoms with van der Waals surface area (Å²) in [5.74, 6) is -0.379. The van der Waals surface area contributed by atoms with Crippen molar-refractivity contribution in [2.45, 2.75) is 19.8 Å². The maximum absolute atomic E-state index is 11.4. The van der Waals surface area contributed by atoms with Crippen molar-refractivity contribution in [3.05, 3.63) is 40.8 Å². The maximum atomic E-state index is 11.4. The fourth-order valence-electron chi connectivity index (χ4n) is 1.68. The molecular weight excluding hydrogens is 399 g/mol. The number of aryl methyl sites for hydroxylation is 1. The zero-order valence-electron chi connectivity index (χ0n) is 13.0. The number of benzene rings is 1. The van der Waals surface area contributed by atoms with Gasteiger partial charge < -0.3 is 5.11 Å². The van der Waals surface area contributed by atoms with Gasteiger partial charge in [0.15, 0.2) is 0 Å². The smallest absolute Gasteiger partial charge is 0.0794 e. The van der Waals surface area contributed by atoms with E-state index in [-0.39, 0.29) is 22.6 Å². The second-order valence-electron chi connectivity index (χ2n) is 4.61. The van der Waals surface area contributed by atoms with Gasteiger partial charge in [-0.1, -0.05) is 0 Å². The van der Waals surface area contributed by atoms with Crippen LogP contribution in [-0.4, -0.2) is 46.1 Å². The van der Waals surface area contributed by atoms with E-state index in [4.69, 9.17) is 10.4 Å². The van der Waals surface area contributed by atoms with Crippen molar-refractivity contribution in [1.29, 1.82) is 0 Å². The maximum Gasteiger partial charge on any atom is 0.0794 e. The Morgan fingerprint density at radius 3 is 2.67 bits per heavy atom. The van der Waals surface area contributed by atoms with Crippen molar-refractivity contribution in [1.82, 2.24) is 4.98 Å². The molecule has 2 rings (SSSR count). The number of thiazole rings is 1. The van der Waals surface area contributed by atoms with Crippen LogP contribution in [-0.2, 0) is 18.8 Å². The van der Waals surface area contributed by atoms with Gasteiger partial charge in [0.2, 0.25) is 0 Å². The molecule has 0 aliphatic rings. The van der Waals surface area contributed by atoms with Crippen molar-refractivity contribution in [3.63, 3.8) is 0 Å². The van der Waals surface area contributed by atoms with Crippen LogP contribution in [0.5, 0.6) is 0 Å². The van der Waals surface area contributed by atoms with E-state index in [9.17, 15) is 12.6 Å². The molecule has 1 unspecified atom stereocenters. The number of nitrogens with one attached hydrogen (secondary N) is 1. The SMILES string of the molecule is CC(=O)Nc1ccccc1[As](=O)(O)OO.OCCCc1cscn1. The van der Waals surface area contributed by atoms with Crippen LogP contribution in [0.2, 0.25) is 0 Å². The third-order valence-corrected chi connectivity index (χ3v) is 5.90. The summed E-state index contributed by atoms with van der Waals surface area (Å²) in [7, 11) is 0. The van der Waals surface area contributed by atoms with E-state index in [1.807, 2.05) is 10.9 Å². The molecule has 0 saturated heterocycles. The van der Waals surface area contributed by atoms with Gasteiger partial charge in [0.25, 0.3) is 0 Å². The fraction of sp³-hybridized carbons (Fsp3) is 0.286. The van der Waals surface area contributed by atoms with Crippen molar-refractivity contribution >= 4 is 41.5 Å². The number of para-hydroxylation sites is 1. The van der Waals surface area contributed by atoms with Crippen LogP contribution in [0.1, 0.15) is 19.0 Å². The van der Waals surface area contributed by atoms with Gasteiger partial charge in [-0.15, -0.1) is 11.3 Å². The van der Waals surface area contributed by atoms with Crippen LogP contribution >= 0.6 is 11.3 Å². The molecular formula is C14H19AsN2O6S. The molecule has 0 bridgehead atoms. The summed E-state index contributed by atoms with van der Waals surface area (Å²) in [4.78, 5) is 14.9. The number of nitrogens with zero attached hydrogens (tertiary/aromatic N) is 1.